The first kappa shape index (κ1) is 13.1. The Morgan fingerprint density at radius 2 is 1.76 bits per heavy atom. The van der Waals surface area contributed by atoms with Gasteiger partial charge in [0, 0.05) is 6.92 Å². The molecule has 0 spiro atoms. The molecule has 17 heavy (non-hydrogen) atoms. The van der Waals surface area contributed by atoms with Gasteiger partial charge in [-0.2, -0.15) is 4.79 Å². The van der Waals surface area contributed by atoms with E-state index in [1.165, 1.54) is 6.92 Å². The second-order valence-corrected chi connectivity index (χ2v) is 4.85. The number of carbonyl (C=O) groups excluding carboxylic acids is 1. The Bertz CT molecular complexity index is 463. The lowest BCUT2D eigenvalue weighted by atomic mass is 9.87. The van der Waals surface area contributed by atoms with E-state index in [0.717, 1.165) is 5.56 Å². The third-order valence-corrected chi connectivity index (χ3v) is 2.38. The van der Waals surface area contributed by atoms with Crippen molar-refractivity contribution in [2.24, 2.45) is 0 Å². The highest BCUT2D eigenvalue weighted by atomic mass is 16.5. The quantitative estimate of drug-likeness (QED) is 0.258. The third kappa shape index (κ3) is 3.54. The number of esters is 1. The molecular formula is C13H16N2O2. The van der Waals surface area contributed by atoms with E-state index in [9.17, 15) is 4.79 Å². The second kappa shape index (κ2) is 4.93. The lowest BCUT2D eigenvalue weighted by molar-refractivity contribution is -0.131. The van der Waals surface area contributed by atoms with Gasteiger partial charge >= 0.3 is 11.7 Å². The monoisotopic (exact) mass is 232 g/mol. The zero-order valence-electron chi connectivity index (χ0n) is 10.5. The van der Waals surface area contributed by atoms with E-state index in [-0.39, 0.29) is 11.1 Å². The molecule has 4 heteroatoms. The molecule has 0 aromatic heterocycles. The van der Waals surface area contributed by atoms with Gasteiger partial charge in [-0.25, -0.2) is 4.79 Å². The van der Waals surface area contributed by atoms with Crippen LogP contribution in [0.5, 0.6) is 5.75 Å². The highest BCUT2D eigenvalue weighted by Crippen LogP contribution is 2.24. The minimum Gasteiger partial charge on any atom is -0.418 e. The number of hydrogen-bond donors (Lipinski definition) is 0. The van der Waals surface area contributed by atoms with Crippen LogP contribution < -0.4 is 4.74 Å². The molecule has 0 aliphatic carbocycles. The van der Waals surface area contributed by atoms with Crippen LogP contribution in [0.15, 0.2) is 24.3 Å². The number of nitrogens with zero attached hydrogens (tertiary/aromatic N) is 2. The van der Waals surface area contributed by atoms with E-state index < -0.39 is 5.97 Å². The van der Waals surface area contributed by atoms with Crippen molar-refractivity contribution in [1.29, 1.82) is 0 Å². The summed E-state index contributed by atoms with van der Waals surface area (Å²) in [7, 11) is 0. The average molecular weight is 232 g/mol. The predicted molar refractivity (Wildman–Crippen MR) is 65.1 cm³/mol. The van der Waals surface area contributed by atoms with Crippen molar-refractivity contribution in [2.45, 2.75) is 33.1 Å². The van der Waals surface area contributed by atoms with E-state index >= 15 is 0 Å². The van der Waals surface area contributed by atoms with Gasteiger partial charge in [0.1, 0.15) is 5.75 Å². The highest BCUT2D eigenvalue weighted by molar-refractivity contribution is 6.33. The maximum absolute atomic E-state index is 11.3. The van der Waals surface area contributed by atoms with Gasteiger partial charge in [-0.1, -0.05) is 32.9 Å². The lowest BCUT2D eigenvalue weighted by Crippen LogP contribution is -2.18. The number of rotatable bonds is 2. The molecular weight excluding hydrogens is 216 g/mol. The molecule has 0 saturated heterocycles. The van der Waals surface area contributed by atoms with Crippen LogP contribution >= 0.6 is 0 Å². The van der Waals surface area contributed by atoms with Gasteiger partial charge in [0.15, 0.2) is 0 Å². The van der Waals surface area contributed by atoms with Gasteiger partial charge < -0.3 is 10.3 Å². The van der Waals surface area contributed by atoms with Crippen LogP contribution in [0.25, 0.3) is 5.53 Å². The molecule has 0 heterocycles. The van der Waals surface area contributed by atoms with Crippen molar-refractivity contribution < 1.29 is 14.3 Å². The fraction of sp³-hybridized carbons (Fsp3) is 0.385. The van der Waals surface area contributed by atoms with E-state index in [4.69, 9.17) is 10.3 Å². The van der Waals surface area contributed by atoms with Crippen LogP contribution in [0, 0.1) is 0 Å². The first-order valence-electron chi connectivity index (χ1n) is 5.36. The molecule has 0 atom stereocenters. The number of benzene rings is 1. The van der Waals surface area contributed by atoms with Gasteiger partial charge in [0.25, 0.3) is 0 Å². The molecule has 1 aromatic rings. The molecule has 0 unspecified atom stereocenters. The van der Waals surface area contributed by atoms with E-state index in [1.54, 1.807) is 12.1 Å². The van der Waals surface area contributed by atoms with Gasteiger partial charge in [-0.15, -0.1) is 0 Å². The second-order valence-electron chi connectivity index (χ2n) is 4.85. The Hall–Kier alpha value is -1.93. The molecule has 1 aromatic carbocycles. The van der Waals surface area contributed by atoms with Crippen LogP contribution in [0.4, 0.5) is 0 Å². The van der Waals surface area contributed by atoms with Crippen molar-refractivity contribution in [1.82, 2.24) is 0 Å². The molecule has 1 rings (SSSR count). The molecule has 90 valence electrons. The van der Waals surface area contributed by atoms with Crippen molar-refractivity contribution >= 4 is 11.7 Å². The average Bonchev–Trinajstić information content (AvgIpc) is 2.27. The summed E-state index contributed by atoms with van der Waals surface area (Å²) < 4.78 is 5.00. The van der Waals surface area contributed by atoms with Crippen LogP contribution in [-0.2, 0) is 10.2 Å². The van der Waals surface area contributed by atoms with Gasteiger partial charge in [-0.3, -0.25) is 0 Å². The maximum Gasteiger partial charge on any atom is 0.421 e. The third-order valence-electron chi connectivity index (χ3n) is 2.38. The molecule has 0 amide bonds. The van der Waals surface area contributed by atoms with E-state index in [0.29, 0.717) is 5.75 Å². The summed E-state index contributed by atoms with van der Waals surface area (Å²) in [5, 5.41) is 0. The zero-order valence-corrected chi connectivity index (χ0v) is 10.5. The molecule has 0 aliphatic heterocycles. The Labute approximate surface area is 101 Å². The fourth-order valence-corrected chi connectivity index (χ4v) is 1.24. The summed E-state index contributed by atoms with van der Waals surface area (Å²) in [4.78, 5) is 14.1. The molecule has 0 radical (unpaired) electrons. The van der Waals surface area contributed by atoms with Crippen molar-refractivity contribution in [3.8, 4) is 5.75 Å². The normalized spacial score (nSPS) is 10.6. The van der Waals surface area contributed by atoms with E-state index in [2.05, 4.69) is 25.6 Å². The summed E-state index contributed by atoms with van der Waals surface area (Å²) in [5.74, 6) is -0.220. The van der Waals surface area contributed by atoms with Crippen molar-refractivity contribution in [2.75, 3.05) is 0 Å². The van der Waals surface area contributed by atoms with Gasteiger partial charge in [0.05, 0.1) is 0 Å². The van der Waals surface area contributed by atoms with Gasteiger partial charge in [-0.05, 0) is 23.1 Å². The fourth-order valence-electron chi connectivity index (χ4n) is 1.24. The maximum atomic E-state index is 11.3. The number of carbonyl (C=O) groups is 1. The lowest BCUT2D eigenvalue weighted by Gasteiger charge is -2.18. The standard InChI is InChI=1S/C13H16N2O2/c1-9(15-14)12(16)17-11-7-5-10(6-8-11)13(2,3)4/h5-8H,1-4H3. The van der Waals surface area contributed by atoms with Crippen LogP contribution in [0.1, 0.15) is 33.3 Å². The summed E-state index contributed by atoms with van der Waals surface area (Å²) in [6.45, 7) is 7.70. The topological polar surface area (TPSA) is 62.7 Å². The predicted octanol–water partition coefficient (Wildman–Crippen LogP) is 2.58. The van der Waals surface area contributed by atoms with E-state index in [1.807, 2.05) is 12.1 Å². The summed E-state index contributed by atoms with van der Waals surface area (Å²) in [6.07, 6.45) is 0. The van der Waals surface area contributed by atoms with Crippen molar-refractivity contribution in [3.63, 3.8) is 0 Å². The Balaban J connectivity index is 2.83. The van der Waals surface area contributed by atoms with Gasteiger partial charge in [0.2, 0.25) is 0 Å². The summed E-state index contributed by atoms with van der Waals surface area (Å²) in [5.41, 5.74) is 9.56. The van der Waals surface area contributed by atoms with Crippen LogP contribution in [-0.4, -0.2) is 16.5 Å². The highest BCUT2D eigenvalue weighted by Gasteiger charge is 2.17. The Kier molecular flexibility index (Phi) is 3.81. The molecule has 0 aliphatic rings. The molecule has 0 bridgehead atoms. The van der Waals surface area contributed by atoms with Crippen LogP contribution in [0.3, 0.4) is 0 Å². The minimum atomic E-state index is -0.656. The first-order chi connectivity index (χ1) is 7.84. The first-order valence-corrected chi connectivity index (χ1v) is 5.36. The zero-order chi connectivity index (χ0) is 13.1. The number of ether oxygens (including phenoxy) is 1. The number of hydrogen-bond acceptors (Lipinski definition) is 2. The smallest absolute Gasteiger partial charge is 0.418 e. The molecule has 0 N–H and O–H groups in total. The van der Waals surface area contributed by atoms with Crippen LogP contribution in [0.2, 0.25) is 0 Å². The Morgan fingerprint density at radius 3 is 2.18 bits per heavy atom. The summed E-state index contributed by atoms with van der Waals surface area (Å²) >= 11 is 0. The molecule has 0 saturated carbocycles. The molecule has 4 nitrogen and oxygen atoms in total. The minimum absolute atomic E-state index is 0.0605. The molecule has 0 fully saturated rings. The largest absolute Gasteiger partial charge is 0.421 e. The Morgan fingerprint density at radius 1 is 1.24 bits per heavy atom. The summed E-state index contributed by atoms with van der Waals surface area (Å²) in [6, 6.07) is 7.27. The SMILES string of the molecule is CC(=[N+]=[N-])C(=O)Oc1ccc(C(C)(C)C)cc1. The van der Waals surface area contributed by atoms with Crippen molar-refractivity contribution in [3.05, 3.63) is 35.4 Å².